The normalized spacial score (nSPS) is 26.1. The Kier molecular flexibility index (Phi) is 3.59. The van der Waals surface area contributed by atoms with E-state index in [2.05, 4.69) is 26.1 Å². The van der Waals surface area contributed by atoms with Gasteiger partial charge in [0.05, 0.1) is 6.10 Å². The van der Waals surface area contributed by atoms with Gasteiger partial charge in [-0.15, -0.1) is 0 Å². The topological polar surface area (TPSA) is 34.4 Å². The lowest BCUT2D eigenvalue weighted by molar-refractivity contribution is -0.0640. The Morgan fingerprint density at radius 3 is 2.65 bits per heavy atom. The molecule has 0 aromatic carbocycles. The Morgan fingerprint density at radius 1 is 1.29 bits per heavy atom. The standard InChI is InChI=1S/C14H23NO2/c1-10-5-6-12(16-10)13-9-15-8-11(17-13)7-14(2,3)4/h5-6,11,13,15H,7-9H2,1-4H3. The van der Waals surface area contributed by atoms with Crippen molar-refractivity contribution in [3.8, 4) is 0 Å². The van der Waals surface area contributed by atoms with Crippen LogP contribution >= 0.6 is 0 Å². The largest absolute Gasteiger partial charge is 0.464 e. The average Bonchev–Trinajstić information content (AvgIpc) is 2.63. The lowest BCUT2D eigenvalue weighted by atomic mass is 9.88. The van der Waals surface area contributed by atoms with Gasteiger partial charge in [-0.3, -0.25) is 0 Å². The fourth-order valence-electron chi connectivity index (χ4n) is 2.30. The Morgan fingerprint density at radius 2 is 2.06 bits per heavy atom. The molecule has 0 radical (unpaired) electrons. The SMILES string of the molecule is Cc1ccc(C2CNCC(CC(C)(C)C)O2)o1. The molecule has 1 saturated heterocycles. The van der Waals surface area contributed by atoms with Gasteiger partial charge in [-0.2, -0.15) is 0 Å². The number of morpholine rings is 1. The van der Waals surface area contributed by atoms with E-state index >= 15 is 0 Å². The van der Waals surface area contributed by atoms with E-state index in [0.717, 1.165) is 31.0 Å². The molecule has 2 atom stereocenters. The first-order chi connectivity index (χ1) is 7.94. The Bertz CT molecular complexity index is 365. The van der Waals surface area contributed by atoms with Crippen molar-refractivity contribution in [2.75, 3.05) is 13.1 Å². The van der Waals surface area contributed by atoms with E-state index in [-0.39, 0.29) is 12.2 Å². The second-order valence-corrected chi connectivity index (χ2v) is 6.12. The molecule has 2 rings (SSSR count). The zero-order valence-electron chi connectivity index (χ0n) is 11.2. The molecular formula is C14H23NO2. The number of nitrogens with one attached hydrogen (secondary N) is 1. The summed E-state index contributed by atoms with van der Waals surface area (Å²) in [5.74, 6) is 1.88. The maximum absolute atomic E-state index is 6.11. The zero-order valence-corrected chi connectivity index (χ0v) is 11.2. The second kappa shape index (κ2) is 4.83. The van der Waals surface area contributed by atoms with Crippen LogP contribution in [0.15, 0.2) is 16.5 Å². The highest BCUT2D eigenvalue weighted by molar-refractivity contribution is 5.09. The fourth-order valence-corrected chi connectivity index (χ4v) is 2.30. The van der Waals surface area contributed by atoms with Crippen molar-refractivity contribution in [3.63, 3.8) is 0 Å². The molecule has 0 bridgehead atoms. The summed E-state index contributed by atoms with van der Waals surface area (Å²) in [5, 5.41) is 3.43. The van der Waals surface area contributed by atoms with Crippen LogP contribution in [0.1, 0.15) is 44.8 Å². The quantitative estimate of drug-likeness (QED) is 0.858. The van der Waals surface area contributed by atoms with E-state index in [0.29, 0.717) is 5.41 Å². The van der Waals surface area contributed by atoms with Crippen molar-refractivity contribution in [2.24, 2.45) is 5.41 Å². The molecule has 0 spiro atoms. The van der Waals surface area contributed by atoms with Crippen LogP contribution in [0.2, 0.25) is 0 Å². The van der Waals surface area contributed by atoms with Crippen LogP contribution in [0.3, 0.4) is 0 Å². The molecule has 2 unspecified atom stereocenters. The van der Waals surface area contributed by atoms with Crippen molar-refractivity contribution in [1.82, 2.24) is 5.32 Å². The molecule has 17 heavy (non-hydrogen) atoms. The van der Waals surface area contributed by atoms with Gasteiger partial charge in [0.25, 0.3) is 0 Å². The molecule has 0 aliphatic carbocycles. The van der Waals surface area contributed by atoms with Gasteiger partial charge in [0.15, 0.2) is 0 Å². The summed E-state index contributed by atoms with van der Waals surface area (Å²) in [6, 6.07) is 4.01. The van der Waals surface area contributed by atoms with Gasteiger partial charge in [0.1, 0.15) is 17.6 Å². The third-order valence-electron chi connectivity index (χ3n) is 2.98. The van der Waals surface area contributed by atoms with Crippen LogP contribution in [-0.2, 0) is 4.74 Å². The number of ether oxygens (including phenoxy) is 1. The number of rotatable bonds is 2. The van der Waals surface area contributed by atoms with Crippen LogP contribution in [0.4, 0.5) is 0 Å². The molecule has 3 nitrogen and oxygen atoms in total. The first-order valence-corrected chi connectivity index (χ1v) is 6.36. The molecule has 1 aliphatic heterocycles. The lowest BCUT2D eigenvalue weighted by Crippen LogP contribution is -2.42. The van der Waals surface area contributed by atoms with E-state index in [1.54, 1.807) is 0 Å². The number of aryl methyl sites for hydroxylation is 1. The summed E-state index contributed by atoms with van der Waals surface area (Å²) in [4.78, 5) is 0. The Labute approximate surface area is 104 Å². The van der Waals surface area contributed by atoms with Crippen LogP contribution in [0.5, 0.6) is 0 Å². The summed E-state index contributed by atoms with van der Waals surface area (Å²) < 4.78 is 11.7. The van der Waals surface area contributed by atoms with Gasteiger partial charge in [0, 0.05) is 13.1 Å². The minimum absolute atomic E-state index is 0.0600. The van der Waals surface area contributed by atoms with Crippen LogP contribution in [-0.4, -0.2) is 19.2 Å². The molecular weight excluding hydrogens is 214 g/mol. The fraction of sp³-hybridized carbons (Fsp3) is 0.714. The van der Waals surface area contributed by atoms with Crippen LogP contribution in [0.25, 0.3) is 0 Å². The molecule has 1 fully saturated rings. The maximum Gasteiger partial charge on any atom is 0.134 e. The Balaban J connectivity index is 1.97. The van der Waals surface area contributed by atoms with Crippen LogP contribution < -0.4 is 5.32 Å². The van der Waals surface area contributed by atoms with Gasteiger partial charge < -0.3 is 14.5 Å². The maximum atomic E-state index is 6.11. The number of furan rings is 1. The molecule has 1 aromatic heterocycles. The average molecular weight is 237 g/mol. The predicted molar refractivity (Wildman–Crippen MR) is 68.0 cm³/mol. The van der Waals surface area contributed by atoms with Crippen molar-refractivity contribution >= 4 is 0 Å². The molecule has 0 saturated carbocycles. The molecule has 96 valence electrons. The highest BCUT2D eigenvalue weighted by Gasteiger charge is 2.28. The molecule has 2 heterocycles. The molecule has 1 N–H and O–H groups in total. The van der Waals surface area contributed by atoms with E-state index < -0.39 is 0 Å². The van der Waals surface area contributed by atoms with E-state index in [1.165, 1.54) is 0 Å². The molecule has 1 aliphatic rings. The summed E-state index contributed by atoms with van der Waals surface area (Å²) in [6.07, 6.45) is 1.40. The highest BCUT2D eigenvalue weighted by atomic mass is 16.5. The van der Waals surface area contributed by atoms with E-state index in [4.69, 9.17) is 9.15 Å². The summed E-state index contributed by atoms with van der Waals surface area (Å²) >= 11 is 0. The minimum Gasteiger partial charge on any atom is -0.464 e. The van der Waals surface area contributed by atoms with Crippen molar-refractivity contribution in [3.05, 3.63) is 23.7 Å². The predicted octanol–water partition coefficient (Wildman–Crippen LogP) is 3.05. The van der Waals surface area contributed by atoms with Crippen molar-refractivity contribution in [2.45, 2.75) is 46.3 Å². The lowest BCUT2D eigenvalue weighted by Gasteiger charge is -2.33. The van der Waals surface area contributed by atoms with Gasteiger partial charge in [0.2, 0.25) is 0 Å². The first-order valence-electron chi connectivity index (χ1n) is 6.36. The summed E-state index contributed by atoms with van der Waals surface area (Å²) in [5.41, 5.74) is 0.299. The Hall–Kier alpha value is -0.800. The minimum atomic E-state index is 0.0600. The van der Waals surface area contributed by atoms with E-state index in [1.807, 2.05) is 19.1 Å². The van der Waals surface area contributed by atoms with Crippen molar-refractivity contribution in [1.29, 1.82) is 0 Å². The van der Waals surface area contributed by atoms with Gasteiger partial charge >= 0.3 is 0 Å². The molecule has 1 aromatic rings. The zero-order chi connectivity index (χ0) is 12.5. The third-order valence-corrected chi connectivity index (χ3v) is 2.98. The van der Waals surface area contributed by atoms with Gasteiger partial charge in [-0.05, 0) is 30.9 Å². The number of hydrogen-bond acceptors (Lipinski definition) is 3. The molecule has 0 amide bonds. The monoisotopic (exact) mass is 237 g/mol. The van der Waals surface area contributed by atoms with E-state index in [9.17, 15) is 0 Å². The van der Waals surface area contributed by atoms with Gasteiger partial charge in [-0.25, -0.2) is 0 Å². The third kappa shape index (κ3) is 3.58. The smallest absolute Gasteiger partial charge is 0.134 e. The summed E-state index contributed by atoms with van der Waals surface area (Å²) in [6.45, 7) is 10.5. The second-order valence-electron chi connectivity index (χ2n) is 6.12. The highest BCUT2D eigenvalue weighted by Crippen LogP contribution is 2.29. The van der Waals surface area contributed by atoms with Crippen LogP contribution in [0, 0.1) is 12.3 Å². The van der Waals surface area contributed by atoms with Gasteiger partial charge in [-0.1, -0.05) is 20.8 Å². The first kappa shape index (κ1) is 12.7. The number of hydrogen-bond donors (Lipinski definition) is 1. The molecule has 3 heteroatoms. The summed E-state index contributed by atoms with van der Waals surface area (Å²) in [7, 11) is 0. The van der Waals surface area contributed by atoms with Crippen molar-refractivity contribution < 1.29 is 9.15 Å².